The predicted molar refractivity (Wildman–Crippen MR) is 85.9 cm³/mol. The molecule has 0 bridgehead atoms. The fourth-order valence-electron chi connectivity index (χ4n) is 2.99. The molecule has 1 aliphatic rings. The summed E-state index contributed by atoms with van der Waals surface area (Å²) in [7, 11) is 0. The summed E-state index contributed by atoms with van der Waals surface area (Å²) >= 11 is 3.11. The molecular formula is C16H22BrFN2O. The van der Waals surface area contributed by atoms with E-state index in [2.05, 4.69) is 34.7 Å². The van der Waals surface area contributed by atoms with Crippen molar-refractivity contribution in [1.29, 1.82) is 0 Å². The Kier molecular flexibility index (Phi) is 5.76. The van der Waals surface area contributed by atoms with Crippen LogP contribution in [0.3, 0.4) is 0 Å². The Balaban J connectivity index is 1.98. The van der Waals surface area contributed by atoms with Gasteiger partial charge in [0.15, 0.2) is 0 Å². The average Bonchev–Trinajstić information content (AvgIpc) is 2.51. The van der Waals surface area contributed by atoms with Crippen molar-refractivity contribution in [1.82, 2.24) is 9.80 Å². The summed E-state index contributed by atoms with van der Waals surface area (Å²) in [5, 5.41) is 0. The minimum Gasteiger partial charge on any atom is -0.339 e. The first-order chi connectivity index (χ1) is 10.1. The van der Waals surface area contributed by atoms with Gasteiger partial charge in [0.1, 0.15) is 5.82 Å². The molecule has 0 atom stereocenters. The molecule has 2 rings (SSSR count). The second-order valence-corrected chi connectivity index (χ2v) is 6.23. The number of rotatable bonds is 4. The molecule has 1 amide bonds. The van der Waals surface area contributed by atoms with Gasteiger partial charge in [0.05, 0.1) is 4.47 Å². The lowest BCUT2D eigenvalue weighted by molar-refractivity contribution is 0.0631. The first-order valence-electron chi connectivity index (χ1n) is 7.55. The Morgan fingerprint density at radius 1 is 1.33 bits per heavy atom. The Morgan fingerprint density at radius 3 is 2.48 bits per heavy atom. The summed E-state index contributed by atoms with van der Waals surface area (Å²) in [6, 6.07) is 5.13. The van der Waals surface area contributed by atoms with Crippen molar-refractivity contribution in [2.75, 3.05) is 26.2 Å². The van der Waals surface area contributed by atoms with Crippen molar-refractivity contribution in [3.8, 4) is 0 Å². The molecule has 0 N–H and O–H groups in total. The molecule has 1 saturated heterocycles. The second kappa shape index (κ2) is 7.36. The third-order valence-corrected chi connectivity index (χ3v) is 4.89. The number of carbonyl (C=O) groups excluding carboxylic acids is 1. The summed E-state index contributed by atoms with van der Waals surface area (Å²) in [6.07, 6.45) is 1.98. The molecular weight excluding hydrogens is 335 g/mol. The number of nitrogens with zero attached hydrogens (tertiary/aromatic N) is 2. The van der Waals surface area contributed by atoms with Crippen molar-refractivity contribution < 1.29 is 9.18 Å². The Bertz CT molecular complexity index is 497. The van der Waals surface area contributed by atoms with Gasteiger partial charge in [-0.05, 0) is 60.1 Å². The zero-order chi connectivity index (χ0) is 15.4. The average molecular weight is 357 g/mol. The van der Waals surface area contributed by atoms with E-state index in [9.17, 15) is 9.18 Å². The highest BCUT2D eigenvalue weighted by Gasteiger charge is 2.26. The van der Waals surface area contributed by atoms with Crippen LogP contribution < -0.4 is 0 Å². The van der Waals surface area contributed by atoms with Gasteiger partial charge in [0.25, 0.3) is 5.91 Å². The Labute approximate surface area is 134 Å². The number of piperidine rings is 1. The van der Waals surface area contributed by atoms with Crippen LogP contribution in [-0.2, 0) is 0 Å². The molecule has 0 saturated carbocycles. The molecule has 0 unspecified atom stereocenters. The standard InChI is InChI=1S/C16H22BrFN2O/c1-3-19(4-2)13-7-9-20(10-8-13)16(21)12-5-6-14(17)15(18)11-12/h5-6,11,13H,3-4,7-10H2,1-2H3. The number of amides is 1. The van der Waals surface area contributed by atoms with Crippen LogP contribution in [-0.4, -0.2) is 47.9 Å². The minimum atomic E-state index is -0.390. The number of carbonyl (C=O) groups is 1. The van der Waals surface area contributed by atoms with Gasteiger partial charge in [-0.1, -0.05) is 13.8 Å². The van der Waals surface area contributed by atoms with Gasteiger partial charge in [0.2, 0.25) is 0 Å². The van der Waals surface area contributed by atoms with Crippen molar-refractivity contribution in [2.24, 2.45) is 0 Å². The maximum Gasteiger partial charge on any atom is 0.253 e. The van der Waals surface area contributed by atoms with E-state index in [1.54, 1.807) is 12.1 Å². The molecule has 0 aliphatic carbocycles. The quantitative estimate of drug-likeness (QED) is 0.823. The molecule has 1 aromatic rings. The molecule has 1 heterocycles. The number of halogens is 2. The Morgan fingerprint density at radius 2 is 1.95 bits per heavy atom. The molecule has 5 heteroatoms. The largest absolute Gasteiger partial charge is 0.339 e. The zero-order valence-electron chi connectivity index (χ0n) is 12.6. The SMILES string of the molecule is CCN(CC)C1CCN(C(=O)c2ccc(Br)c(F)c2)CC1. The third kappa shape index (κ3) is 3.83. The van der Waals surface area contributed by atoms with E-state index in [1.807, 2.05) is 4.90 Å². The van der Waals surface area contributed by atoms with Gasteiger partial charge in [-0.15, -0.1) is 0 Å². The molecule has 3 nitrogen and oxygen atoms in total. The van der Waals surface area contributed by atoms with Gasteiger partial charge in [-0.25, -0.2) is 4.39 Å². The fraction of sp³-hybridized carbons (Fsp3) is 0.562. The van der Waals surface area contributed by atoms with Gasteiger partial charge < -0.3 is 9.80 Å². The molecule has 0 spiro atoms. The van der Waals surface area contributed by atoms with Crippen LogP contribution in [0.15, 0.2) is 22.7 Å². The van der Waals surface area contributed by atoms with E-state index in [0.717, 1.165) is 39.0 Å². The zero-order valence-corrected chi connectivity index (χ0v) is 14.2. The Hall–Kier alpha value is -0.940. The number of hydrogen-bond donors (Lipinski definition) is 0. The lowest BCUT2D eigenvalue weighted by atomic mass is 10.0. The highest BCUT2D eigenvalue weighted by Crippen LogP contribution is 2.21. The van der Waals surface area contributed by atoms with Crippen molar-refractivity contribution in [3.63, 3.8) is 0 Å². The maximum absolute atomic E-state index is 13.5. The van der Waals surface area contributed by atoms with Crippen molar-refractivity contribution in [2.45, 2.75) is 32.7 Å². The molecule has 1 fully saturated rings. The lowest BCUT2D eigenvalue weighted by Crippen LogP contribution is -2.46. The first-order valence-corrected chi connectivity index (χ1v) is 8.34. The van der Waals surface area contributed by atoms with E-state index in [0.29, 0.717) is 16.1 Å². The summed E-state index contributed by atoms with van der Waals surface area (Å²) in [4.78, 5) is 16.7. The highest BCUT2D eigenvalue weighted by molar-refractivity contribution is 9.10. The molecule has 1 aliphatic heterocycles. The number of benzene rings is 1. The van der Waals surface area contributed by atoms with Crippen LogP contribution in [0.25, 0.3) is 0 Å². The van der Waals surface area contributed by atoms with Crippen LogP contribution >= 0.6 is 15.9 Å². The monoisotopic (exact) mass is 356 g/mol. The minimum absolute atomic E-state index is 0.0700. The van der Waals surface area contributed by atoms with E-state index in [4.69, 9.17) is 0 Å². The predicted octanol–water partition coefficient (Wildman–Crippen LogP) is 3.53. The third-order valence-electron chi connectivity index (χ3n) is 4.25. The smallest absolute Gasteiger partial charge is 0.253 e. The number of likely N-dealkylation sites (tertiary alicyclic amines) is 1. The van der Waals surface area contributed by atoms with Gasteiger partial charge in [-0.3, -0.25) is 4.79 Å². The van der Waals surface area contributed by atoms with Gasteiger partial charge >= 0.3 is 0 Å². The van der Waals surface area contributed by atoms with Crippen LogP contribution in [0, 0.1) is 5.82 Å². The topological polar surface area (TPSA) is 23.6 Å². The van der Waals surface area contributed by atoms with E-state index >= 15 is 0 Å². The summed E-state index contributed by atoms with van der Waals surface area (Å²) in [6.45, 7) is 7.94. The maximum atomic E-state index is 13.5. The summed E-state index contributed by atoms with van der Waals surface area (Å²) in [5.74, 6) is -0.460. The molecule has 0 aromatic heterocycles. The van der Waals surface area contributed by atoms with E-state index in [-0.39, 0.29) is 11.7 Å². The van der Waals surface area contributed by atoms with Crippen LogP contribution in [0.5, 0.6) is 0 Å². The van der Waals surface area contributed by atoms with Crippen LogP contribution in [0.1, 0.15) is 37.0 Å². The van der Waals surface area contributed by atoms with E-state index < -0.39 is 0 Å². The highest BCUT2D eigenvalue weighted by atomic mass is 79.9. The van der Waals surface area contributed by atoms with Gasteiger partial charge in [-0.2, -0.15) is 0 Å². The fourth-order valence-corrected chi connectivity index (χ4v) is 3.23. The summed E-state index contributed by atoms with van der Waals surface area (Å²) < 4.78 is 13.9. The van der Waals surface area contributed by atoms with E-state index in [1.165, 1.54) is 6.07 Å². The molecule has 0 radical (unpaired) electrons. The normalized spacial score (nSPS) is 16.5. The van der Waals surface area contributed by atoms with Crippen molar-refractivity contribution >= 4 is 21.8 Å². The molecule has 1 aromatic carbocycles. The van der Waals surface area contributed by atoms with Crippen LogP contribution in [0.2, 0.25) is 0 Å². The second-order valence-electron chi connectivity index (χ2n) is 5.37. The lowest BCUT2D eigenvalue weighted by Gasteiger charge is -2.37. The first kappa shape index (κ1) is 16.4. The molecule has 116 valence electrons. The molecule has 21 heavy (non-hydrogen) atoms. The van der Waals surface area contributed by atoms with Gasteiger partial charge in [0, 0.05) is 24.7 Å². The van der Waals surface area contributed by atoms with Crippen molar-refractivity contribution in [3.05, 3.63) is 34.1 Å². The summed E-state index contributed by atoms with van der Waals surface area (Å²) in [5.41, 5.74) is 0.428. The van der Waals surface area contributed by atoms with Crippen LogP contribution in [0.4, 0.5) is 4.39 Å². The number of hydrogen-bond acceptors (Lipinski definition) is 2.